The smallest absolute Gasteiger partial charge is 0.156 e. The Labute approximate surface area is 159 Å². The van der Waals surface area contributed by atoms with Gasteiger partial charge in [-0.05, 0) is 6.42 Å². The molecule has 0 amide bonds. The average Bonchev–Trinajstić information content (AvgIpc) is 3.04. The molecule has 23 heavy (non-hydrogen) atoms. The molecule has 0 saturated carbocycles. The fourth-order valence-corrected chi connectivity index (χ4v) is 3.87. The summed E-state index contributed by atoms with van der Waals surface area (Å²) < 4.78 is 0. The zero-order valence-electron chi connectivity index (χ0n) is 15.3. The molecule has 0 spiro atoms. The molecule has 0 aromatic carbocycles. The van der Waals surface area contributed by atoms with Gasteiger partial charge >= 0.3 is 0 Å². The van der Waals surface area contributed by atoms with Crippen LogP contribution in [-0.4, -0.2) is 24.0 Å². The summed E-state index contributed by atoms with van der Waals surface area (Å²) in [6.45, 7) is 4.31. The molecule has 2 nitrogen and oxygen atoms in total. The van der Waals surface area contributed by atoms with Crippen molar-refractivity contribution in [1.29, 1.82) is 0 Å². The van der Waals surface area contributed by atoms with Gasteiger partial charge in [-0.15, -0.1) is 17.0 Å². The lowest BCUT2D eigenvalue weighted by Crippen LogP contribution is -2.15. The van der Waals surface area contributed by atoms with Crippen LogP contribution in [0.5, 0.6) is 0 Å². The molecule has 1 rings (SSSR count). The van der Waals surface area contributed by atoms with Crippen LogP contribution in [0.2, 0.25) is 0 Å². The molecule has 138 valence electrons. The van der Waals surface area contributed by atoms with Crippen molar-refractivity contribution >= 4 is 33.9 Å². The number of amidine groups is 1. The number of halogens is 1. The minimum Gasteiger partial charge on any atom is -0.363 e. The zero-order valence-corrected chi connectivity index (χ0v) is 17.8. The standard InChI is InChI=1S/C19H38N2S.BrH/c1-2-3-4-5-6-7-8-9-10-11-12-13-14-15-18-22-19-20-16-17-21-19;/h2-18H2,1H3,(H,20,21);1H. The molecule has 0 saturated heterocycles. The van der Waals surface area contributed by atoms with E-state index in [0.717, 1.165) is 13.1 Å². The fraction of sp³-hybridized carbons (Fsp3) is 0.947. The Morgan fingerprint density at radius 1 is 0.783 bits per heavy atom. The molecule has 1 heterocycles. The third-order valence-corrected chi connectivity index (χ3v) is 5.42. The van der Waals surface area contributed by atoms with E-state index in [0.29, 0.717) is 0 Å². The van der Waals surface area contributed by atoms with Crippen LogP contribution < -0.4 is 5.32 Å². The van der Waals surface area contributed by atoms with E-state index < -0.39 is 0 Å². The monoisotopic (exact) mass is 406 g/mol. The molecular weight excluding hydrogens is 368 g/mol. The molecule has 4 heteroatoms. The number of hydrogen-bond donors (Lipinski definition) is 1. The van der Waals surface area contributed by atoms with Crippen LogP contribution >= 0.6 is 28.7 Å². The Kier molecular flexibility index (Phi) is 18.9. The third kappa shape index (κ3) is 15.6. The van der Waals surface area contributed by atoms with E-state index in [1.807, 2.05) is 11.8 Å². The van der Waals surface area contributed by atoms with Crippen molar-refractivity contribution in [3.05, 3.63) is 0 Å². The highest BCUT2D eigenvalue weighted by Crippen LogP contribution is 2.14. The predicted molar refractivity (Wildman–Crippen MR) is 113 cm³/mol. The number of nitrogens with zero attached hydrogens (tertiary/aromatic N) is 1. The summed E-state index contributed by atoms with van der Waals surface area (Å²) in [7, 11) is 0. The van der Waals surface area contributed by atoms with Gasteiger partial charge in [0.05, 0.1) is 6.54 Å². The minimum absolute atomic E-state index is 0. The molecule has 0 aromatic heterocycles. The van der Waals surface area contributed by atoms with Crippen LogP contribution in [0.4, 0.5) is 0 Å². The number of rotatable bonds is 15. The van der Waals surface area contributed by atoms with Gasteiger partial charge < -0.3 is 5.32 Å². The molecule has 0 bridgehead atoms. The zero-order chi connectivity index (χ0) is 15.7. The lowest BCUT2D eigenvalue weighted by Gasteiger charge is -2.04. The quantitative estimate of drug-likeness (QED) is 0.304. The second kappa shape index (κ2) is 18.6. The molecule has 1 aliphatic rings. The van der Waals surface area contributed by atoms with Gasteiger partial charge in [0.2, 0.25) is 0 Å². The molecular formula is C19H39BrN2S. The van der Waals surface area contributed by atoms with Crippen LogP contribution in [0.25, 0.3) is 0 Å². The van der Waals surface area contributed by atoms with E-state index in [2.05, 4.69) is 17.2 Å². The van der Waals surface area contributed by atoms with E-state index in [4.69, 9.17) is 0 Å². The molecule has 0 radical (unpaired) electrons. The first-order valence-electron chi connectivity index (χ1n) is 9.84. The van der Waals surface area contributed by atoms with Crippen LogP contribution in [0.15, 0.2) is 4.99 Å². The third-order valence-electron chi connectivity index (χ3n) is 4.38. The number of nitrogens with one attached hydrogen (secondary N) is 1. The first kappa shape index (κ1) is 23.3. The van der Waals surface area contributed by atoms with Gasteiger partial charge in [0.15, 0.2) is 5.17 Å². The van der Waals surface area contributed by atoms with Gasteiger partial charge in [-0.1, -0.05) is 102 Å². The summed E-state index contributed by atoms with van der Waals surface area (Å²) in [6.07, 6.45) is 20.1. The Balaban J connectivity index is 0.00000484. The number of thioether (sulfide) groups is 1. The van der Waals surface area contributed by atoms with E-state index >= 15 is 0 Å². The van der Waals surface area contributed by atoms with Crippen LogP contribution in [0, 0.1) is 0 Å². The predicted octanol–water partition coefficient (Wildman–Crippen LogP) is 6.74. The Morgan fingerprint density at radius 2 is 1.26 bits per heavy atom. The lowest BCUT2D eigenvalue weighted by molar-refractivity contribution is 0.538. The van der Waals surface area contributed by atoms with Crippen molar-refractivity contribution in [2.45, 2.75) is 96.8 Å². The number of hydrogen-bond acceptors (Lipinski definition) is 3. The summed E-state index contributed by atoms with van der Waals surface area (Å²) in [5, 5.41) is 4.49. The van der Waals surface area contributed by atoms with Crippen molar-refractivity contribution in [3.8, 4) is 0 Å². The Bertz CT molecular complexity index is 272. The van der Waals surface area contributed by atoms with Crippen molar-refractivity contribution in [3.63, 3.8) is 0 Å². The van der Waals surface area contributed by atoms with Crippen molar-refractivity contribution < 1.29 is 0 Å². The van der Waals surface area contributed by atoms with Gasteiger partial charge in [0, 0.05) is 12.3 Å². The van der Waals surface area contributed by atoms with E-state index in [1.54, 1.807) is 0 Å². The minimum atomic E-state index is 0. The highest BCUT2D eigenvalue weighted by Gasteiger charge is 2.04. The van der Waals surface area contributed by atoms with Crippen molar-refractivity contribution in [1.82, 2.24) is 5.32 Å². The highest BCUT2D eigenvalue weighted by atomic mass is 79.9. The Morgan fingerprint density at radius 3 is 1.70 bits per heavy atom. The van der Waals surface area contributed by atoms with Gasteiger partial charge in [0.25, 0.3) is 0 Å². The summed E-state index contributed by atoms with van der Waals surface area (Å²) in [4.78, 5) is 4.41. The van der Waals surface area contributed by atoms with Gasteiger partial charge in [-0.25, -0.2) is 0 Å². The number of unbranched alkanes of at least 4 members (excludes halogenated alkanes) is 13. The van der Waals surface area contributed by atoms with E-state index in [9.17, 15) is 0 Å². The lowest BCUT2D eigenvalue weighted by atomic mass is 10.0. The van der Waals surface area contributed by atoms with E-state index in [-0.39, 0.29) is 17.0 Å². The number of aliphatic imine (C=N–C) groups is 1. The molecule has 0 atom stereocenters. The summed E-state index contributed by atoms with van der Waals surface area (Å²) in [5.41, 5.74) is 0. The molecule has 1 aliphatic heterocycles. The Hall–Kier alpha value is 0.300. The van der Waals surface area contributed by atoms with Crippen LogP contribution in [0.1, 0.15) is 96.8 Å². The molecule has 0 aromatic rings. The average molecular weight is 408 g/mol. The fourth-order valence-electron chi connectivity index (χ4n) is 2.94. The highest BCUT2D eigenvalue weighted by molar-refractivity contribution is 8.93. The maximum Gasteiger partial charge on any atom is 0.156 e. The molecule has 0 unspecified atom stereocenters. The largest absolute Gasteiger partial charge is 0.363 e. The maximum atomic E-state index is 4.41. The molecule has 0 fully saturated rings. The SMILES string of the molecule is Br.CCCCCCCCCCCCCCCCSC1=NCCN1. The van der Waals surface area contributed by atoms with Crippen LogP contribution in [0.3, 0.4) is 0 Å². The summed E-state index contributed by atoms with van der Waals surface area (Å²) in [5.74, 6) is 1.24. The van der Waals surface area contributed by atoms with Crippen LogP contribution in [-0.2, 0) is 0 Å². The van der Waals surface area contributed by atoms with Crippen molar-refractivity contribution in [2.24, 2.45) is 4.99 Å². The summed E-state index contributed by atoms with van der Waals surface area (Å²) >= 11 is 1.91. The maximum absolute atomic E-state index is 4.41. The summed E-state index contributed by atoms with van der Waals surface area (Å²) in [6, 6.07) is 0. The van der Waals surface area contributed by atoms with Gasteiger partial charge in [0.1, 0.15) is 0 Å². The molecule has 1 N–H and O–H groups in total. The second-order valence-electron chi connectivity index (χ2n) is 6.56. The van der Waals surface area contributed by atoms with E-state index in [1.165, 1.54) is 101 Å². The van der Waals surface area contributed by atoms with Gasteiger partial charge in [-0.3, -0.25) is 4.99 Å². The second-order valence-corrected chi connectivity index (χ2v) is 7.64. The van der Waals surface area contributed by atoms with Crippen molar-refractivity contribution in [2.75, 3.05) is 18.8 Å². The first-order chi connectivity index (χ1) is 10.9. The first-order valence-corrected chi connectivity index (χ1v) is 10.8. The van der Waals surface area contributed by atoms with Gasteiger partial charge in [-0.2, -0.15) is 0 Å². The topological polar surface area (TPSA) is 24.4 Å². The molecule has 0 aliphatic carbocycles. The normalized spacial score (nSPS) is 13.5.